The number of rotatable bonds is 4. The summed E-state index contributed by atoms with van der Waals surface area (Å²) in [5.41, 5.74) is 5.69. The van der Waals surface area contributed by atoms with Crippen LogP contribution in [0.5, 0.6) is 0 Å². The Hall–Kier alpha value is -0.610. The van der Waals surface area contributed by atoms with E-state index in [4.69, 9.17) is 10.5 Å². The third-order valence-electron chi connectivity index (χ3n) is 4.57. The van der Waals surface area contributed by atoms with Crippen molar-refractivity contribution in [1.29, 1.82) is 0 Å². The molecule has 1 saturated carbocycles. The quantitative estimate of drug-likeness (QED) is 0.800. The summed E-state index contributed by atoms with van der Waals surface area (Å²) in [5, 5.41) is 3.04. The maximum Gasteiger partial charge on any atom is 0.227 e. The van der Waals surface area contributed by atoms with Gasteiger partial charge in [-0.05, 0) is 45.4 Å². The summed E-state index contributed by atoms with van der Waals surface area (Å²) in [5.74, 6) is 0.128. The summed E-state index contributed by atoms with van der Waals surface area (Å²) in [6, 6.07) is 0.0171. The highest BCUT2D eigenvalue weighted by molar-refractivity contribution is 5.83. The Morgan fingerprint density at radius 3 is 2.83 bits per heavy atom. The summed E-state index contributed by atoms with van der Waals surface area (Å²) in [7, 11) is 0. The first-order valence-electron chi connectivity index (χ1n) is 7.28. The first-order valence-corrected chi connectivity index (χ1v) is 7.28. The van der Waals surface area contributed by atoms with E-state index in [1.807, 2.05) is 6.92 Å². The van der Waals surface area contributed by atoms with Gasteiger partial charge in [0.15, 0.2) is 0 Å². The van der Waals surface area contributed by atoms with Crippen LogP contribution in [-0.2, 0) is 9.53 Å². The van der Waals surface area contributed by atoms with Crippen LogP contribution in [0.3, 0.4) is 0 Å². The number of carbonyl (C=O) groups is 1. The molecule has 18 heavy (non-hydrogen) atoms. The van der Waals surface area contributed by atoms with E-state index in [0.717, 1.165) is 38.7 Å². The standard InChI is InChI=1S/C14H26N2O2/c1-14(8-4-6-12(14)15)13(17)16-9-7-11-5-2-3-10-18-11/h11-12H,2-10,15H2,1H3,(H,16,17). The average Bonchev–Trinajstić information content (AvgIpc) is 2.72. The van der Waals surface area contributed by atoms with Gasteiger partial charge in [-0.15, -0.1) is 0 Å². The van der Waals surface area contributed by atoms with E-state index in [9.17, 15) is 4.79 Å². The first kappa shape index (κ1) is 13.8. The molecular weight excluding hydrogens is 228 g/mol. The number of nitrogens with one attached hydrogen (secondary N) is 1. The summed E-state index contributed by atoms with van der Waals surface area (Å²) in [6.45, 7) is 3.59. The van der Waals surface area contributed by atoms with Gasteiger partial charge in [0.2, 0.25) is 5.91 Å². The highest BCUT2D eigenvalue weighted by Crippen LogP contribution is 2.36. The summed E-state index contributed by atoms with van der Waals surface area (Å²) in [6.07, 6.45) is 7.77. The van der Waals surface area contributed by atoms with Crippen LogP contribution < -0.4 is 11.1 Å². The predicted octanol–water partition coefficient (Wildman–Crippen LogP) is 1.58. The second-order valence-electron chi connectivity index (χ2n) is 5.95. The summed E-state index contributed by atoms with van der Waals surface area (Å²) in [4.78, 5) is 12.2. The van der Waals surface area contributed by atoms with E-state index < -0.39 is 0 Å². The van der Waals surface area contributed by atoms with Gasteiger partial charge in [-0.2, -0.15) is 0 Å². The van der Waals surface area contributed by atoms with Crippen molar-refractivity contribution in [3.63, 3.8) is 0 Å². The first-order chi connectivity index (χ1) is 8.63. The Kier molecular flexibility index (Phi) is 4.62. The van der Waals surface area contributed by atoms with E-state index in [1.54, 1.807) is 0 Å². The molecule has 0 bridgehead atoms. The van der Waals surface area contributed by atoms with E-state index in [2.05, 4.69) is 5.32 Å². The van der Waals surface area contributed by atoms with E-state index >= 15 is 0 Å². The Labute approximate surface area is 110 Å². The Morgan fingerprint density at radius 2 is 2.22 bits per heavy atom. The fourth-order valence-electron chi connectivity index (χ4n) is 3.06. The average molecular weight is 254 g/mol. The van der Waals surface area contributed by atoms with Crippen molar-refractivity contribution < 1.29 is 9.53 Å². The Bertz CT molecular complexity index is 290. The lowest BCUT2D eigenvalue weighted by Gasteiger charge is -2.28. The molecule has 1 aliphatic heterocycles. The zero-order chi connectivity index (χ0) is 13.0. The normalized spacial score (nSPS) is 36.6. The third kappa shape index (κ3) is 3.04. The van der Waals surface area contributed by atoms with Crippen LogP contribution in [0.2, 0.25) is 0 Å². The van der Waals surface area contributed by atoms with Gasteiger partial charge in [-0.1, -0.05) is 6.42 Å². The largest absolute Gasteiger partial charge is 0.378 e. The minimum absolute atomic E-state index is 0.0171. The molecule has 4 nitrogen and oxygen atoms in total. The van der Waals surface area contributed by atoms with Gasteiger partial charge in [0.1, 0.15) is 0 Å². The van der Waals surface area contributed by atoms with Crippen LogP contribution in [-0.4, -0.2) is 31.2 Å². The van der Waals surface area contributed by atoms with Gasteiger partial charge in [0.25, 0.3) is 0 Å². The molecule has 3 N–H and O–H groups in total. The molecule has 1 aliphatic carbocycles. The molecule has 4 heteroatoms. The lowest BCUT2D eigenvalue weighted by molar-refractivity contribution is -0.130. The van der Waals surface area contributed by atoms with Crippen molar-refractivity contribution in [2.45, 2.75) is 64.0 Å². The van der Waals surface area contributed by atoms with Crippen LogP contribution in [0.25, 0.3) is 0 Å². The number of nitrogens with two attached hydrogens (primary N) is 1. The van der Waals surface area contributed by atoms with Crippen molar-refractivity contribution in [2.75, 3.05) is 13.2 Å². The van der Waals surface area contributed by atoms with Gasteiger partial charge in [-0.3, -0.25) is 4.79 Å². The molecule has 0 radical (unpaired) electrons. The molecule has 2 fully saturated rings. The summed E-state index contributed by atoms with van der Waals surface area (Å²) < 4.78 is 5.66. The van der Waals surface area contributed by atoms with E-state index in [1.165, 1.54) is 12.8 Å². The van der Waals surface area contributed by atoms with Gasteiger partial charge in [-0.25, -0.2) is 0 Å². The Morgan fingerprint density at radius 1 is 1.39 bits per heavy atom. The topological polar surface area (TPSA) is 64.3 Å². The second kappa shape index (κ2) is 6.02. The van der Waals surface area contributed by atoms with Crippen molar-refractivity contribution in [2.24, 2.45) is 11.1 Å². The smallest absolute Gasteiger partial charge is 0.227 e. The predicted molar refractivity (Wildman–Crippen MR) is 71.2 cm³/mol. The maximum absolute atomic E-state index is 12.2. The molecule has 0 spiro atoms. The van der Waals surface area contributed by atoms with Crippen LogP contribution in [0, 0.1) is 5.41 Å². The lowest BCUT2D eigenvalue weighted by Crippen LogP contribution is -2.47. The number of ether oxygens (including phenoxy) is 1. The van der Waals surface area contributed by atoms with E-state index in [-0.39, 0.29) is 17.4 Å². The van der Waals surface area contributed by atoms with Crippen LogP contribution in [0.1, 0.15) is 51.9 Å². The van der Waals surface area contributed by atoms with Crippen molar-refractivity contribution in [3.8, 4) is 0 Å². The SMILES string of the molecule is CC1(C(=O)NCCC2CCCCO2)CCCC1N. The highest BCUT2D eigenvalue weighted by Gasteiger charge is 2.42. The second-order valence-corrected chi connectivity index (χ2v) is 5.95. The molecule has 104 valence electrons. The third-order valence-corrected chi connectivity index (χ3v) is 4.57. The van der Waals surface area contributed by atoms with Crippen LogP contribution in [0.15, 0.2) is 0 Å². The minimum Gasteiger partial charge on any atom is -0.378 e. The molecule has 1 saturated heterocycles. The zero-order valence-electron chi connectivity index (χ0n) is 11.4. The molecule has 0 aromatic heterocycles. The molecule has 1 heterocycles. The Balaban J connectivity index is 1.71. The zero-order valence-corrected chi connectivity index (χ0v) is 11.4. The molecule has 2 rings (SSSR count). The number of amides is 1. The van der Waals surface area contributed by atoms with Crippen molar-refractivity contribution in [3.05, 3.63) is 0 Å². The van der Waals surface area contributed by atoms with Gasteiger partial charge >= 0.3 is 0 Å². The van der Waals surface area contributed by atoms with Gasteiger partial charge in [0.05, 0.1) is 11.5 Å². The van der Waals surface area contributed by atoms with Crippen molar-refractivity contribution in [1.82, 2.24) is 5.32 Å². The molecule has 3 atom stereocenters. The van der Waals surface area contributed by atoms with Gasteiger partial charge in [0, 0.05) is 19.2 Å². The summed E-state index contributed by atoms with van der Waals surface area (Å²) >= 11 is 0. The number of carbonyl (C=O) groups excluding carboxylic acids is 1. The van der Waals surface area contributed by atoms with Crippen molar-refractivity contribution >= 4 is 5.91 Å². The molecule has 2 aliphatic rings. The van der Waals surface area contributed by atoms with Gasteiger partial charge < -0.3 is 15.8 Å². The molecule has 0 aromatic carbocycles. The highest BCUT2D eigenvalue weighted by atomic mass is 16.5. The molecule has 0 aromatic rings. The monoisotopic (exact) mass is 254 g/mol. The lowest BCUT2D eigenvalue weighted by atomic mass is 9.84. The fourth-order valence-corrected chi connectivity index (χ4v) is 3.06. The molecular formula is C14H26N2O2. The molecule has 3 unspecified atom stereocenters. The fraction of sp³-hybridized carbons (Fsp3) is 0.929. The maximum atomic E-state index is 12.2. The molecule has 1 amide bonds. The number of hydrogen-bond acceptors (Lipinski definition) is 3. The minimum atomic E-state index is -0.354. The van der Waals surface area contributed by atoms with Crippen LogP contribution >= 0.6 is 0 Å². The number of hydrogen-bond donors (Lipinski definition) is 2. The van der Waals surface area contributed by atoms with E-state index in [0.29, 0.717) is 12.6 Å². The van der Waals surface area contributed by atoms with Crippen LogP contribution in [0.4, 0.5) is 0 Å².